The molecule has 1 amide bonds. The maximum absolute atomic E-state index is 12.3. The van der Waals surface area contributed by atoms with Crippen molar-refractivity contribution in [2.75, 3.05) is 26.3 Å². The zero-order valence-corrected chi connectivity index (χ0v) is 11.0. The molecule has 0 radical (unpaired) electrons. The van der Waals surface area contributed by atoms with Crippen LogP contribution in [0, 0.1) is 23.7 Å². The van der Waals surface area contributed by atoms with E-state index in [0.717, 1.165) is 6.42 Å². The molecule has 0 spiro atoms. The largest absolute Gasteiger partial charge is 0.481 e. The van der Waals surface area contributed by atoms with Gasteiger partial charge in [-0.1, -0.05) is 13.8 Å². The van der Waals surface area contributed by atoms with E-state index in [2.05, 4.69) is 13.8 Å². The molecule has 2 rings (SSSR count). The molecule has 5 nitrogen and oxygen atoms in total. The molecule has 5 heteroatoms. The van der Waals surface area contributed by atoms with E-state index in [-0.39, 0.29) is 17.7 Å². The van der Waals surface area contributed by atoms with Crippen molar-refractivity contribution in [1.29, 1.82) is 0 Å². The SMILES string of the molecule is CC(C)C[C@@H]1[C@@H](C(=O)O)[C@@H]1C(=O)N1CCOCC1. The molecule has 1 heterocycles. The first-order chi connectivity index (χ1) is 8.52. The third-order valence-corrected chi connectivity index (χ3v) is 3.81. The molecule has 0 unspecified atom stereocenters. The number of carboxylic acids is 1. The Bertz CT molecular complexity index is 336. The Kier molecular flexibility index (Phi) is 3.90. The number of hydrogen-bond donors (Lipinski definition) is 1. The Balaban J connectivity index is 1.98. The van der Waals surface area contributed by atoms with Gasteiger partial charge in [0.15, 0.2) is 0 Å². The molecule has 18 heavy (non-hydrogen) atoms. The fourth-order valence-electron chi connectivity index (χ4n) is 2.88. The predicted octanol–water partition coefficient (Wildman–Crippen LogP) is 0.838. The van der Waals surface area contributed by atoms with Crippen LogP contribution >= 0.6 is 0 Å². The monoisotopic (exact) mass is 255 g/mol. The average molecular weight is 255 g/mol. The van der Waals surface area contributed by atoms with Gasteiger partial charge in [0.1, 0.15) is 0 Å². The maximum atomic E-state index is 12.3. The summed E-state index contributed by atoms with van der Waals surface area (Å²) in [6.07, 6.45) is 0.817. The van der Waals surface area contributed by atoms with E-state index in [1.165, 1.54) is 0 Å². The molecular weight excluding hydrogens is 234 g/mol. The van der Waals surface area contributed by atoms with Gasteiger partial charge < -0.3 is 14.7 Å². The zero-order valence-electron chi connectivity index (χ0n) is 11.0. The first-order valence-electron chi connectivity index (χ1n) is 6.61. The summed E-state index contributed by atoms with van der Waals surface area (Å²) >= 11 is 0. The van der Waals surface area contributed by atoms with Gasteiger partial charge in [0.2, 0.25) is 5.91 Å². The van der Waals surface area contributed by atoms with Crippen molar-refractivity contribution in [3.8, 4) is 0 Å². The number of carbonyl (C=O) groups is 2. The van der Waals surface area contributed by atoms with Crippen LogP contribution in [0.5, 0.6) is 0 Å². The molecule has 2 aliphatic rings. The van der Waals surface area contributed by atoms with Crippen molar-refractivity contribution in [3.63, 3.8) is 0 Å². The van der Waals surface area contributed by atoms with E-state index in [1.807, 2.05) is 0 Å². The number of carboxylic acid groups (broad SMARTS) is 1. The smallest absolute Gasteiger partial charge is 0.307 e. The number of amides is 1. The van der Waals surface area contributed by atoms with Gasteiger partial charge in [0.05, 0.1) is 25.0 Å². The predicted molar refractivity (Wildman–Crippen MR) is 65.0 cm³/mol. The highest BCUT2D eigenvalue weighted by molar-refractivity contribution is 5.90. The number of hydrogen-bond acceptors (Lipinski definition) is 3. The second-order valence-electron chi connectivity index (χ2n) is 5.62. The fourth-order valence-corrected chi connectivity index (χ4v) is 2.88. The molecule has 0 aromatic rings. The Morgan fingerprint density at radius 1 is 1.28 bits per heavy atom. The van der Waals surface area contributed by atoms with Gasteiger partial charge in [0.25, 0.3) is 0 Å². The highest BCUT2D eigenvalue weighted by atomic mass is 16.5. The first kappa shape index (κ1) is 13.3. The lowest BCUT2D eigenvalue weighted by atomic mass is 10.0. The van der Waals surface area contributed by atoms with Gasteiger partial charge in [-0.25, -0.2) is 0 Å². The second-order valence-corrected chi connectivity index (χ2v) is 5.62. The number of aliphatic carboxylic acids is 1. The number of rotatable bonds is 4. The van der Waals surface area contributed by atoms with Gasteiger partial charge >= 0.3 is 5.97 Å². The van der Waals surface area contributed by atoms with Gasteiger partial charge in [-0.15, -0.1) is 0 Å². The average Bonchev–Trinajstić information content (AvgIpc) is 3.02. The third kappa shape index (κ3) is 2.66. The van der Waals surface area contributed by atoms with E-state index >= 15 is 0 Å². The molecule has 0 aromatic carbocycles. The molecule has 3 atom stereocenters. The summed E-state index contributed by atoms with van der Waals surface area (Å²) in [6, 6.07) is 0. The van der Waals surface area contributed by atoms with E-state index in [0.29, 0.717) is 32.2 Å². The summed E-state index contributed by atoms with van der Waals surface area (Å²) in [4.78, 5) is 25.2. The second kappa shape index (κ2) is 5.26. The highest BCUT2D eigenvalue weighted by Crippen LogP contribution is 2.51. The minimum absolute atomic E-state index is 0.0105. The van der Waals surface area contributed by atoms with Crippen LogP contribution in [0.2, 0.25) is 0 Å². The van der Waals surface area contributed by atoms with Gasteiger partial charge in [-0.2, -0.15) is 0 Å². The highest BCUT2D eigenvalue weighted by Gasteiger charge is 2.59. The lowest BCUT2D eigenvalue weighted by Crippen LogP contribution is -2.42. The lowest BCUT2D eigenvalue weighted by molar-refractivity contribution is -0.143. The van der Waals surface area contributed by atoms with E-state index in [1.54, 1.807) is 4.90 Å². The quantitative estimate of drug-likeness (QED) is 0.808. The maximum Gasteiger partial charge on any atom is 0.307 e. The van der Waals surface area contributed by atoms with Crippen LogP contribution in [-0.4, -0.2) is 48.2 Å². The Labute approximate surface area is 107 Å². The third-order valence-electron chi connectivity index (χ3n) is 3.81. The van der Waals surface area contributed by atoms with Crippen molar-refractivity contribution in [3.05, 3.63) is 0 Å². The summed E-state index contributed by atoms with van der Waals surface area (Å²) in [5.41, 5.74) is 0. The van der Waals surface area contributed by atoms with Crippen LogP contribution in [0.25, 0.3) is 0 Å². The van der Waals surface area contributed by atoms with E-state index < -0.39 is 11.9 Å². The van der Waals surface area contributed by atoms with Gasteiger partial charge in [-0.3, -0.25) is 9.59 Å². The minimum atomic E-state index is -0.827. The summed E-state index contributed by atoms with van der Waals surface area (Å²) in [6.45, 7) is 6.43. The van der Waals surface area contributed by atoms with Gasteiger partial charge in [-0.05, 0) is 18.3 Å². The summed E-state index contributed by atoms with van der Waals surface area (Å²) in [7, 11) is 0. The van der Waals surface area contributed by atoms with Crippen LogP contribution in [0.1, 0.15) is 20.3 Å². The summed E-state index contributed by atoms with van der Waals surface area (Å²) in [5, 5.41) is 9.16. The molecule has 0 aromatic heterocycles. The molecule has 1 aliphatic carbocycles. The van der Waals surface area contributed by atoms with Crippen LogP contribution < -0.4 is 0 Å². The molecule has 102 valence electrons. The van der Waals surface area contributed by atoms with Crippen LogP contribution in [0.4, 0.5) is 0 Å². The molecule has 1 saturated carbocycles. The topological polar surface area (TPSA) is 66.8 Å². The van der Waals surface area contributed by atoms with Crippen molar-refractivity contribution in [1.82, 2.24) is 4.90 Å². The Morgan fingerprint density at radius 3 is 2.39 bits per heavy atom. The van der Waals surface area contributed by atoms with Crippen LogP contribution in [0.3, 0.4) is 0 Å². The van der Waals surface area contributed by atoms with E-state index in [9.17, 15) is 9.59 Å². The number of morpholine rings is 1. The van der Waals surface area contributed by atoms with E-state index in [4.69, 9.17) is 9.84 Å². The minimum Gasteiger partial charge on any atom is -0.481 e. The Hall–Kier alpha value is -1.10. The molecule has 1 saturated heterocycles. The number of ether oxygens (including phenoxy) is 1. The Morgan fingerprint density at radius 2 is 1.89 bits per heavy atom. The fraction of sp³-hybridized carbons (Fsp3) is 0.846. The van der Waals surface area contributed by atoms with Crippen LogP contribution in [0.15, 0.2) is 0 Å². The van der Waals surface area contributed by atoms with Crippen LogP contribution in [-0.2, 0) is 14.3 Å². The molecular formula is C13H21NO4. The summed E-state index contributed by atoms with van der Waals surface area (Å²) in [5.74, 6) is -1.13. The molecule has 0 bridgehead atoms. The lowest BCUT2D eigenvalue weighted by Gasteiger charge is -2.27. The summed E-state index contributed by atoms with van der Waals surface area (Å²) < 4.78 is 5.21. The standard InChI is InChI=1S/C13H21NO4/c1-8(2)7-9-10(11(9)13(16)17)12(15)14-3-5-18-6-4-14/h8-11H,3-7H2,1-2H3,(H,16,17)/t9-,10+,11+/m0/s1. The van der Waals surface area contributed by atoms with Crippen molar-refractivity contribution in [2.24, 2.45) is 23.7 Å². The van der Waals surface area contributed by atoms with Crippen molar-refractivity contribution < 1.29 is 19.4 Å². The van der Waals surface area contributed by atoms with Crippen molar-refractivity contribution in [2.45, 2.75) is 20.3 Å². The van der Waals surface area contributed by atoms with Crippen molar-refractivity contribution >= 4 is 11.9 Å². The molecule has 1 aliphatic heterocycles. The zero-order chi connectivity index (χ0) is 13.3. The first-order valence-corrected chi connectivity index (χ1v) is 6.61. The molecule has 2 fully saturated rings. The number of nitrogens with zero attached hydrogens (tertiary/aromatic N) is 1. The molecule has 1 N–H and O–H groups in total. The normalized spacial score (nSPS) is 31.5. The van der Waals surface area contributed by atoms with Gasteiger partial charge in [0, 0.05) is 13.1 Å². The number of carbonyl (C=O) groups excluding carboxylic acids is 1.